The van der Waals surface area contributed by atoms with Gasteiger partial charge in [-0.1, -0.05) is 0 Å². The number of carbonyl (C=O) groups excluding carboxylic acids is 2. The highest BCUT2D eigenvalue weighted by Gasteiger charge is 2.19. The summed E-state index contributed by atoms with van der Waals surface area (Å²) in [4.78, 5) is 23.0. The van der Waals surface area contributed by atoms with E-state index < -0.39 is 11.8 Å². The maximum absolute atomic E-state index is 11.7. The highest BCUT2D eigenvalue weighted by molar-refractivity contribution is 6.40. The lowest BCUT2D eigenvalue weighted by Gasteiger charge is -2.10. The summed E-state index contributed by atoms with van der Waals surface area (Å²) in [6.07, 6.45) is 0. The topological polar surface area (TPSA) is 61.8 Å². The van der Waals surface area contributed by atoms with E-state index in [2.05, 4.69) is 4.74 Å². The minimum Gasteiger partial charge on any atom is -0.493 e. The fourth-order valence-corrected chi connectivity index (χ4v) is 1.40. The van der Waals surface area contributed by atoms with Gasteiger partial charge in [0.2, 0.25) is 0 Å². The Bertz CT molecular complexity index is 439. The molecule has 0 bridgehead atoms. The van der Waals surface area contributed by atoms with Crippen molar-refractivity contribution in [1.82, 2.24) is 0 Å². The van der Waals surface area contributed by atoms with E-state index >= 15 is 0 Å². The molecule has 0 saturated heterocycles. The Morgan fingerprint density at radius 3 is 2.39 bits per heavy atom. The molecule has 0 spiro atoms. The van der Waals surface area contributed by atoms with Gasteiger partial charge in [0.05, 0.1) is 20.3 Å². The number of esters is 1. The van der Waals surface area contributed by atoms with Crippen LogP contribution < -0.4 is 9.47 Å². The molecule has 0 unspecified atom stereocenters. The molecule has 0 aromatic heterocycles. The standard InChI is InChI=1S/C13H16O5/c1-4-17-10-7-6-9(8-11(10)16-3)12(14)13(15)18-5-2/h6-8H,4-5H2,1-3H3. The second-order valence-electron chi connectivity index (χ2n) is 3.35. The largest absolute Gasteiger partial charge is 0.493 e. The highest BCUT2D eigenvalue weighted by atomic mass is 16.5. The van der Waals surface area contributed by atoms with E-state index in [0.29, 0.717) is 18.1 Å². The molecule has 0 heterocycles. The van der Waals surface area contributed by atoms with E-state index in [1.54, 1.807) is 13.0 Å². The normalized spacial score (nSPS) is 9.72. The molecule has 5 nitrogen and oxygen atoms in total. The van der Waals surface area contributed by atoms with E-state index in [-0.39, 0.29) is 12.2 Å². The van der Waals surface area contributed by atoms with Crippen molar-refractivity contribution < 1.29 is 23.8 Å². The van der Waals surface area contributed by atoms with Crippen LogP contribution in [0, 0.1) is 0 Å². The van der Waals surface area contributed by atoms with Gasteiger partial charge in [-0.2, -0.15) is 0 Å². The van der Waals surface area contributed by atoms with Gasteiger partial charge in [0, 0.05) is 5.56 Å². The zero-order chi connectivity index (χ0) is 13.5. The molecular weight excluding hydrogens is 236 g/mol. The number of benzene rings is 1. The monoisotopic (exact) mass is 252 g/mol. The number of Topliss-reactive ketones (excluding diaryl/α,β-unsaturated/α-hetero) is 1. The number of methoxy groups -OCH3 is 1. The van der Waals surface area contributed by atoms with E-state index in [4.69, 9.17) is 9.47 Å². The maximum Gasteiger partial charge on any atom is 0.379 e. The molecule has 0 amide bonds. The molecule has 0 aliphatic heterocycles. The van der Waals surface area contributed by atoms with Crippen LogP contribution in [0.3, 0.4) is 0 Å². The number of hydrogen-bond donors (Lipinski definition) is 0. The van der Waals surface area contributed by atoms with Crippen LogP contribution in [0.4, 0.5) is 0 Å². The third kappa shape index (κ3) is 3.23. The molecule has 0 atom stereocenters. The molecule has 0 saturated carbocycles. The quantitative estimate of drug-likeness (QED) is 0.439. The van der Waals surface area contributed by atoms with Crippen LogP contribution in [-0.4, -0.2) is 32.1 Å². The third-order valence-electron chi connectivity index (χ3n) is 2.19. The third-order valence-corrected chi connectivity index (χ3v) is 2.19. The van der Waals surface area contributed by atoms with Gasteiger partial charge in [-0.15, -0.1) is 0 Å². The zero-order valence-electron chi connectivity index (χ0n) is 10.7. The Morgan fingerprint density at radius 2 is 1.83 bits per heavy atom. The predicted molar refractivity (Wildman–Crippen MR) is 65.1 cm³/mol. The van der Waals surface area contributed by atoms with Crippen LogP contribution in [0.2, 0.25) is 0 Å². The molecule has 0 aliphatic carbocycles. The second-order valence-corrected chi connectivity index (χ2v) is 3.35. The Balaban J connectivity index is 2.97. The van der Waals surface area contributed by atoms with Gasteiger partial charge in [0.25, 0.3) is 5.78 Å². The van der Waals surface area contributed by atoms with Crippen LogP contribution in [0.25, 0.3) is 0 Å². The molecule has 1 rings (SSSR count). The molecule has 0 N–H and O–H groups in total. The minimum atomic E-state index is -0.872. The van der Waals surface area contributed by atoms with E-state index in [9.17, 15) is 9.59 Å². The fourth-order valence-electron chi connectivity index (χ4n) is 1.40. The van der Waals surface area contributed by atoms with Crippen LogP contribution in [0.15, 0.2) is 18.2 Å². The van der Waals surface area contributed by atoms with E-state index in [1.807, 2.05) is 6.92 Å². The van der Waals surface area contributed by atoms with Crippen molar-refractivity contribution in [2.24, 2.45) is 0 Å². The number of carbonyl (C=O) groups is 2. The van der Waals surface area contributed by atoms with Gasteiger partial charge < -0.3 is 14.2 Å². The maximum atomic E-state index is 11.7. The SMILES string of the molecule is CCOC(=O)C(=O)c1ccc(OCC)c(OC)c1. The van der Waals surface area contributed by atoms with Crippen molar-refractivity contribution in [3.05, 3.63) is 23.8 Å². The van der Waals surface area contributed by atoms with Crippen LogP contribution in [0.1, 0.15) is 24.2 Å². The summed E-state index contributed by atoms with van der Waals surface area (Å²) in [5, 5.41) is 0. The lowest BCUT2D eigenvalue weighted by Crippen LogP contribution is -2.17. The van der Waals surface area contributed by atoms with Crippen LogP contribution >= 0.6 is 0 Å². The van der Waals surface area contributed by atoms with Gasteiger partial charge >= 0.3 is 5.97 Å². The predicted octanol–water partition coefficient (Wildman–Crippen LogP) is 1.84. The minimum absolute atomic E-state index is 0.165. The summed E-state index contributed by atoms with van der Waals surface area (Å²) in [5.74, 6) is -0.630. The summed E-state index contributed by atoms with van der Waals surface area (Å²) in [6, 6.07) is 4.56. The average molecular weight is 252 g/mol. The molecular formula is C13H16O5. The first-order chi connectivity index (χ1) is 8.63. The van der Waals surface area contributed by atoms with Gasteiger partial charge in [-0.05, 0) is 32.0 Å². The van der Waals surface area contributed by atoms with E-state index in [1.165, 1.54) is 19.2 Å². The van der Waals surface area contributed by atoms with Crippen LogP contribution in [-0.2, 0) is 9.53 Å². The Kier molecular flexibility index (Phi) is 5.17. The molecule has 1 aromatic rings. The lowest BCUT2D eigenvalue weighted by atomic mass is 10.1. The van der Waals surface area contributed by atoms with Gasteiger partial charge in [0.15, 0.2) is 11.5 Å². The first-order valence-electron chi connectivity index (χ1n) is 5.66. The molecule has 5 heteroatoms. The fraction of sp³-hybridized carbons (Fsp3) is 0.385. The van der Waals surface area contributed by atoms with Gasteiger partial charge in [0.1, 0.15) is 0 Å². The van der Waals surface area contributed by atoms with Gasteiger partial charge in [-0.25, -0.2) is 4.79 Å². The average Bonchev–Trinajstić information content (AvgIpc) is 2.39. The molecule has 0 aliphatic rings. The Morgan fingerprint density at radius 1 is 1.11 bits per heavy atom. The summed E-state index contributed by atoms with van der Waals surface area (Å²) < 4.78 is 15.1. The van der Waals surface area contributed by atoms with Crippen molar-refractivity contribution >= 4 is 11.8 Å². The summed E-state index contributed by atoms with van der Waals surface area (Å²) in [7, 11) is 1.47. The first-order valence-corrected chi connectivity index (χ1v) is 5.66. The first kappa shape index (κ1) is 14.0. The summed E-state index contributed by atoms with van der Waals surface area (Å²) >= 11 is 0. The zero-order valence-corrected chi connectivity index (χ0v) is 10.7. The van der Waals surface area contributed by atoms with Crippen molar-refractivity contribution in [3.8, 4) is 11.5 Å². The molecule has 0 fully saturated rings. The summed E-state index contributed by atoms with van der Waals surface area (Å²) in [5.41, 5.74) is 0.216. The smallest absolute Gasteiger partial charge is 0.379 e. The highest BCUT2D eigenvalue weighted by Crippen LogP contribution is 2.28. The van der Waals surface area contributed by atoms with Crippen molar-refractivity contribution in [1.29, 1.82) is 0 Å². The lowest BCUT2D eigenvalue weighted by molar-refractivity contribution is -0.137. The molecule has 0 radical (unpaired) electrons. The number of rotatable bonds is 6. The molecule has 1 aromatic carbocycles. The number of ether oxygens (including phenoxy) is 3. The number of ketones is 1. The van der Waals surface area contributed by atoms with Crippen molar-refractivity contribution in [2.45, 2.75) is 13.8 Å². The van der Waals surface area contributed by atoms with Crippen LogP contribution in [0.5, 0.6) is 11.5 Å². The van der Waals surface area contributed by atoms with Crippen molar-refractivity contribution in [3.63, 3.8) is 0 Å². The van der Waals surface area contributed by atoms with E-state index in [0.717, 1.165) is 0 Å². The Labute approximate surface area is 106 Å². The summed E-state index contributed by atoms with van der Waals surface area (Å²) in [6.45, 7) is 4.14. The Hall–Kier alpha value is -2.04. The van der Waals surface area contributed by atoms with Crippen molar-refractivity contribution in [2.75, 3.05) is 20.3 Å². The molecule has 98 valence electrons. The number of hydrogen-bond acceptors (Lipinski definition) is 5. The molecule has 18 heavy (non-hydrogen) atoms. The van der Waals surface area contributed by atoms with Gasteiger partial charge in [-0.3, -0.25) is 4.79 Å². The second kappa shape index (κ2) is 6.64.